The number of fused-ring (bicyclic) bond motifs is 1. The second-order valence-corrected chi connectivity index (χ2v) is 8.52. The fourth-order valence-electron chi connectivity index (χ4n) is 4.02. The van der Waals surface area contributed by atoms with Crippen LogP contribution in [0, 0.1) is 0 Å². The maximum Gasteiger partial charge on any atom is 0.258 e. The van der Waals surface area contributed by atoms with E-state index in [1.54, 1.807) is 47.5 Å². The predicted molar refractivity (Wildman–Crippen MR) is 132 cm³/mol. The molecule has 0 saturated heterocycles. The Morgan fingerprint density at radius 2 is 1.76 bits per heavy atom. The van der Waals surface area contributed by atoms with Crippen LogP contribution in [0.25, 0.3) is 11.3 Å². The lowest BCUT2D eigenvalue weighted by Crippen LogP contribution is -2.28. The minimum absolute atomic E-state index is 0.0387. The molecule has 1 aromatic heterocycles. The highest BCUT2D eigenvalue weighted by Gasteiger charge is 2.25. The van der Waals surface area contributed by atoms with Gasteiger partial charge in [-0.2, -0.15) is 0 Å². The predicted octanol–water partition coefficient (Wildman–Crippen LogP) is 5.77. The highest BCUT2D eigenvalue weighted by atomic mass is 35.5. The number of nitrogens with one attached hydrogen (secondary N) is 1. The normalized spacial score (nSPS) is 12.4. The number of oxazole rings is 1. The molecule has 6 nitrogen and oxygen atoms in total. The number of benzene rings is 3. The lowest BCUT2D eigenvalue weighted by atomic mass is 10.1. The summed E-state index contributed by atoms with van der Waals surface area (Å²) < 4.78 is 5.75. The SMILES string of the molecule is O=C(CCc1ncc(-c2ccc(Cl)cc2)o1)Nc1ccc(C(=O)N2CCc3ccccc32)cc1. The van der Waals surface area contributed by atoms with Crippen LogP contribution in [0.4, 0.5) is 11.4 Å². The number of rotatable bonds is 6. The van der Waals surface area contributed by atoms with Crippen molar-refractivity contribution in [3.63, 3.8) is 0 Å². The molecule has 0 spiro atoms. The number of carbonyl (C=O) groups is 2. The number of hydrogen-bond donors (Lipinski definition) is 1. The van der Waals surface area contributed by atoms with Crippen molar-refractivity contribution in [1.82, 2.24) is 4.98 Å². The maximum absolute atomic E-state index is 12.9. The van der Waals surface area contributed by atoms with E-state index < -0.39 is 0 Å². The van der Waals surface area contributed by atoms with Gasteiger partial charge < -0.3 is 14.6 Å². The van der Waals surface area contributed by atoms with Crippen LogP contribution in [0.3, 0.4) is 0 Å². The summed E-state index contributed by atoms with van der Waals surface area (Å²) in [6.45, 7) is 0.678. The fourth-order valence-corrected chi connectivity index (χ4v) is 4.14. The van der Waals surface area contributed by atoms with Crippen molar-refractivity contribution in [2.75, 3.05) is 16.8 Å². The van der Waals surface area contributed by atoms with Crippen LogP contribution in [0.1, 0.15) is 28.2 Å². The molecule has 1 N–H and O–H groups in total. The number of hydrogen-bond acceptors (Lipinski definition) is 4. The van der Waals surface area contributed by atoms with Crippen molar-refractivity contribution in [3.8, 4) is 11.3 Å². The molecule has 34 heavy (non-hydrogen) atoms. The molecule has 4 aromatic rings. The van der Waals surface area contributed by atoms with Gasteiger partial charge in [0.1, 0.15) is 0 Å². The van der Waals surface area contributed by atoms with Crippen molar-refractivity contribution in [1.29, 1.82) is 0 Å². The number of para-hydroxylation sites is 1. The molecule has 2 amide bonds. The van der Waals surface area contributed by atoms with E-state index in [0.717, 1.165) is 17.7 Å². The summed E-state index contributed by atoms with van der Waals surface area (Å²) in [5.74, 6) is 0.932. The second-order valence-electron chi connectivity index (χ2n) is 8.09. The Bertz CT molecular complexity index is 1330. The lowest BCUT2D eigenvalue weighted by molar-refractivity contribution is -0.116. The van der Waals surface area contributed by atoms with Crippen LogP contribution in [-0.4, -0.2) is 23.3 Å². The zero-order chi connectivity index (χ0) is 23.5. The molecule has 7 heteroatoms. The number of halogens is 1. The monoisotopic (exact) mass is 471 g/mol. The summed E-state index contributed by atoms with van der Waals surface area (Å²) in [5, 5.41) is 3.51. The van der Waals surface area contributed by atoms with Gasteiger partial charge in [-0.3, -0.25) is 9.59 Å². The van der Waals surface area contributed by atoms with Crippen molar-refractivity contribution >= 4 is 34.8 Å². The summed E-state index contributed by atoms with van der Waals surface area (Å²) in [4.78, 5) is 31.4. The minimum Gasteiger partial charge on any atom is -0.441 e. The summed E-state index contributed by atoms with van der Waals surface area (Å²) in [6, 6.07) is 22.2. The first kappa shape index (κ1) is 21.9. The van der Waals surface area contributed by atoms with E-state index in [4.69, 9.17) is 16.0 Å². The molecule has 0 unspecified atom stereocenters. The molecule has 0 saturated carbocycles. The molecule has 1 aliphatic heterocycles. The average molecular weight is 472 g/mol. The van der Waals surface area contributed by atoms with Crippen LogP contribution in [0.2, 0.25) is 5.02 Å². The number of anilines is 2. The van der Waals surface area contributed by atoms with E-state index in [1.807, 2.05) is 30.3 Å². The summed E-state index contributed by atoms with van der Waals surface area (Å²) in [7, 11) is 0. The van der Waals surface area contributed by atoms with E-state index >= 15 is 0 Å². The molecule has 0 radical (unpaired) electrons. The van der Waals surface area contributed by atoms with Gasteiger partial charge in [0.05, 0.1) is 6.20 Å². The van der Waals surface area contributed by atoms with E-state index in [9.17, 15) is 9.59 Å². The molecule has 3 aromatic carbocycles. The lowest BCUT2D eigenvalue weighted by Gasteiger charge is -2.17. The number of aromatic nitrogens is 1. The first-order valence-corrected chi connectivity index (χ1v) is 11.4. The quantitative estimate of drug-likeness (QED) is 0.387. The highest BCUT2D eigenvalue weighted by Crippen LogP contribution is 2.29. The maximum atomic E-state index is 12.9. The topological polar surface area (TPSA) is 75.4 Å². The van der Waals surface area contributed by atoms with Crippen LogP contribution >= 0.6 is 11.6 Å². The molecule has 170 valence electrons. The van der Waals surface area contributed by atoms with Crippen LogP contribution < -0.4 is 10.2 Å². The summed E-state index contributed by atoms with van der Waals surface area (Å²) in [5.41, 5.74) is 4.25. The zero-order valence-corrected chi connectivity index (χ0v) is 19.1. The molecule has 2 heterocycles. The van der Waals surface area contributed by atoms with Crippen LogP contribution in [-0.2, 0) is 17.6 Å². The average Bonchev–Trinajstić information content (AvgIpc) is 3.51. The smallest absolute Gasteiger partial charge is 0.258 e. The molecular formula is C27H22ClN3O3. The number of carbonyl (C=O) groups excluding carboxylic acids is 2. The van der Waals surface area contributed by atoms with E-state index in [1.165, 1.54) is 5.56 Å². The number of aryl methyl sites for hydroxylation is 1. The molecule has 0 fully saturated rings. The van der Waals surface area contributed by atoms with Crippen molar-refractivity contribution in [3.05, 3.63) is 101 Å². The molecule has 0 bridgehead atoms. The molecular weight excluding hydrogens is 450 g/mol. The Kier molecular flexibility index (Phi) is 6.14. The van der Waals surface area contributed by atoms with Gasteiger partial charge in [-0.05, 0) is 66.6 Å². The van der Waals surface area contributed by atoms with Gasteiger partial charge in [0, 0.05) is 46.9 Å². The van der Waals surface area contributed by atoms with Gasteiger partial charge >= 0.3 is 0 Å². The second kappa shape index (κ2) is 9.53. The number of nitrogens with zero attached hydrogens (tertiary/aromatic N) is 2. The van der Waals surface area contributed by atoms with E-state index in [-0.39, 0.29) is 18.2 Å². The first-order chi connectivity index (χ1) is 16.6. The third-order valence-electron chi connectivity index (χ3n) is 5.80. The van der Waals surface area contributed by atoms with Gasteiger partial charge in [0.25, 0.3) is 5.91 Å². The Hall–Kier alpha value is -3.90. The third-order valence-corrected chi connectivity index (χ3v) is 6.05. The van der Waals surface area contributed by atoms with Crippen molar-refractivity contribution < 1.29 is 14.0 Å². The standard InChI is InChI=1S/C27H22ClN3O3/c28-21-9-5-19(6-10-21)24-17-29-26(34-24)14-13-25(32)30-22-11-7-20(8-12-22)27(33)31-16-15-18-3-1-2-4-23(18)31/h1-12,17H,13-16H2,(H,30,32). The molecule has 5 rings (SSSR count). The largest absolute Gasteiger partial charge is 0.441 e. The Balaban J connectivity index is 1.15. The summed E-state index contributed by atoms with van der Waals surface area (Å²) >= 11 is 5.92. The van der Waals surface area contributed by atoms with Crippen LogP contribution in [0.5, 0.6) is 0 Å². The van der Waals surface area contributed by atoms with E-state index in [0.29, 0.717) is 40.9 Å². The number of amides is 2. The third kappa shape index (κ3) is 4.72. The van der Waals surface area contributed by atoms with Crippen molar-refractivity contribution in [2.45, 2.75) is 19.3 Å². The Morgan fingerprint density at radius 1 is 1.00 bits per heavy atom. The van der Waals surface area contributed by atoms with Gasteiger partial charge in [0.2, 0.25) is 5.91 Å². The van der Waals surface area contributed by atoms with Crippen LogP contribution in [0.15, 0.2) is 83.4 Å². The van der Waals surface area contributed by atoms with Gasteiger partial charge in [-0.25, -0.2) is 4.98 Å². The van der Waals surface area contributed by atoms with Crippen molar-refractivity contribution in [2.24, 2.45) is 0 Å². The van der Waals surface area contributed by atoms with Gasteiger partial charge in [-0.15, -0.1) is 0 Å². The molecule has 0 aliphatic carbocycles. The zero-order valence-electron chi connectivity index (χ0n) is 18.3. The summed E-state index contributed by atoms with van der Waals surface area (Å²) in [6.07, 6.45) is 3.11. The Labute approximate surface area is 202 Å². The van der Waals surface area contributed by atoms with Gasteiger partial charge in [0.15, 0.2) is 11.7 Å². The first-order valence-electron chi connectivity index (χ1n) is 11.1. The fraction of sp³-hybridized carbons (Fsp3) is 0.148. The molecule has 1 aliphatic rings. The molecule has 0 atom stereocenters. The Morgan fingerprint density at radius 3 is 2.56 bits per heavy atom. The van der Waals surface area contributed by atoms with Gasteiger partial charge in [-0.1, -0.05) is 29.8 Å². The highest BCUT2D eigenvalue weighted by molar-refractivity contribution is 6.30. The minimum atomic E-state index is -0.154. The van der Waals surface area contributed by atoms with E-state index in [2.05, 4.69) is 16.4 Å².